The van der Waals surface area contributed by atoms with Crippen molar-refractivity contribution in [2.75, 3.05) is 5.32 Å². The van der Waals surface area contributed by atoms with Crippen LogP contribution >= 0.6 is 11.6 Å². The number of nitrogens with zero attached hydrogens (tertiary/aromatic N) is 2. The molecule has 2 rings (SSSR count). The first-order valence-corrected chi connectivity index (χ1v) is 7.99. The SMILES string of the molecule is Cc1c(C(=O)Nc2ccc(Cl)c(/C=N/OC(C)(C)C)c2)ccn1C. The molecule has 0 bridgehead atoms. The minimum atomic E-state index is -0.375. The zero-order chi connectivity index (χ0) is 17.9. The van der Waals surface area contributed by atoms with Gasteiger partial charge in [0.15, 0.2) is 0 Å². The summed E-state index contributed by atoms with van der Waals surface area (Å²) >= 11 is 6.17. The summed E-state index contributed by atoms with van der Waals surface area (Å²) in [5, 5.41) is 7.35. The van der Waals surface area contributed by atoms with Gasteiger partial charge in [-0.3, -0.25) is 4.79 Å². The average molecular weight is 348 g/mol. The summed E-state index contributed by atoms with van der Waals surface area (Å²) in [5.41, 5.74) is 2.48. The number of oxime groups is 1. The molecular formula is C18H22ClN3O2. The number of aromatic nitrogens is 1. The Morgan fingerprint density at radius 1 is 1.33 bits per heavy atom. The molecule has 0 aliphatic carbocycles. The Balaban J connectivity index is 2.16. The molecule has 1 aromatic carbocycles. The van der Waals surface area contributed by atoms with E-state index in [2.05, 4.69) is 10.5 Å². The van der Waals surface area contributed by atoms with Crippen LogP contribution in [0, 0.1) is 6.92 Å². The van der Waals surface area contributed by atoms with E-state index in [1.807, 2.05) is 45.5 Å². The highest BCUT2D eigenvalue weighted by atomic mass is 35.5. The Morgan fingerprint density at radius 2 is 2.04 bits per heavy atom. The van der Waals surface area contributed by atoms with Crippen molar-refractivity contribution < 1.29 is 9.63 Å². The fourth-order valence-electron chi connectivity index (χ4n) is 2.01. The zero-order valence-corrected chi connectivity index (χ0v) is 15.3. The van der Waals surface area contributed by atoms with Crippen molar-refractivity contribution in [1.29, 1.82) is 0 Å². The molecule has 2 aromatic rings. The molecule has 0 saturated heterocycles. The van der Waals surface area contributed by atoms with Gasteiger partial charge < -0.3 is 14.7 Å². The molecule has 1 N–H and O–H groups in total. The molecule has 6 heteroatoms. The minimum absolute atomic E-state index is 0.163. The zero-order valence-electron chi connectivity index (χ0n) is 14.6. The molecule has 0 aliphatic rings. The van der Waals surface area contributed by atoms with Gasteiger partial charge in [-0.15, -0.1) is 0 Å². The second-order valence-corrected chi connectivity index (χ2v) is 6.96. The number of aryl methyl sites for hydroxylation is 1. The van der Waals surface area contributed by atoms with Gasteiger partial charge >= 0.3 is 0 Å². The Kier molecular flexibility index (Phi) is 5.34. The molecule has 0 unspecified atom stereocenters. The summed E-state index contributed by atoms with van der Waals surface area (Å²) in [6.07, 6.45) is 3.39. The highest BCUT2D eigenvalue weighted by Gasteiger charge is 2.13. The summed E-state index contributed by atoms with van der Waals surface area (Å²) < 4.78 is 1.90. The summed E-state index contributed by atoms with van der Waals surface area (Å²) in [6.45, 7) is 7.62. The van der Waals surface area contributed by atoms with Crippen LogP contribution in [0.4, 0.5) is 5.69 Å². The van der Waals surface area contributed by atoms with Crippen LogP contribution in [0.5, 0.6) is 0 Å². The highest BCUT2D eigenvalue weighted by Crippen LogP contribution is 2.21. The number of hydrogen-bond donors (Lipinski definition) is 1. The van der Waals surface area contributed by atoms with Gasteiger partial charge in [-0.2, -0.15) is 0 Å². The lowest BCUT2D eigenvalue weighted by Gasteiger charge is -2.15. The number of anilines is 1. The van der Waals surface area contributed by atoms with Gasteiger partial charge in [0.1, 0.15) is 5.60 Å². The molecule has 0 atom stereocenters. The Morgan fingerprint density at radius 3 is 2.62 bits per heavy atom. The molecule has 1 amide bonds. The van der Waals surface area contributed by atoms with Gasteiger partial charge in [0.25, 0.3) is 5.91 Å². The van der Waals surface area contributed by atoms with Crippen LogP contribution in [0.2, 0.25) is 5.02 Å². The molecule has 1 heterocycles. The third-order valence-corrected chi connectivity index (χ3v) is 3.74. The third kappa shape index (κ3) is 4.61. The van der Waals surface area contributed by atoms with E-state index in [9.17, 15) is 4.79 Å². The van der Waals surface area contributed by atoms with Crippen LogP contribution in [-0.4, -0.2) is 22.3 Å². The number of carbonyl (C=O) groups excluding carboxylic acids is 1. The number of amides is 1. The van der Waals surface area contributed by atoms with Crippen molar-refractivity contribution in [3.8, 4) is 0 Å². The van der Waals surface area contributed by atoms with E-state index in [1.165, 1.54) is 6.21 Å². The normalized spacial score (nSPS) is 11.8. The van der Waals surface area contributed by atoms with E-state index >= 15 is 0 Å². The number of carbonyl (C=O) groups is 1. The molecule has 1 aromatic heterocycles. The fraction of sp³-hybridized carbons (Fsp3) is 0.333. The lowest BCUT2D eigenvalue weighted by molar-refractivity contribution is 0.00199. The van der Waals surface area contributed by atoms with E-state index in [4.69, 9.17) is 16.4 Å². The van der Waals surface area contributed by atoms with Crippen LogP contribution in [-0.2, 0) is 11.9 Å². The molecule has 0 radical (unpaired) electrons. The maximum absolute atomic E-state index is 12.4. The van der Waals surface area contributed by atoms with Crippen LogP contribution in [0.25, 0.3) is 0 Å². The standard InChI is InChI=1S/C18H22ClN3O2/c1-12-15(8-9-22(12)5)17(23)21-14-6-7-16(19)13(10-14)11-20-24-18(2,3)4/h6-11H,1-5H3,(H,21,23)/b20-11+. The predicted molar refractivity (Wildman–Crippen MR) is 98.0 cm³/mol. The van der Waals surface area contributed by atoms with Crippen molar-refractivity contribution >= 4 is 29.4 Å². The Labute approximate surface area is 147 Å². The van der Waals surface area contributed by atoms with E-state index in [0.717, 1.165) is 5.69 Å². The summed E-state index contributed by atoms with van der Waals surface area (Å²) in [4.78, 5) is 17.7. The molecular weight excluding hydrogens is 326 g/mol. The predicted octanol–water partition coefficient (Wildman–Crippen LogP) is 4.39. The molecule has 0 fully saturated rings. The number of rotatable bonds is 4. The number of benzene rings is 1. The second-order valence-electron chi connectivity index (χ2n) is 6.55. The Bertz CT molecular complexity index is 773. The molecule has 0 aliphatic heterocycles. The molecule has 5 nitrogen and oxygen atoms in total. The third-order valence-electron chi connectivity index (χ3n) is 3.40. The van der Waals surface area contributed by atoms with Crippen molar-refractivity contribution in [2.45, 2.75) is 33.3 Å². The second kappa shape index (κ2) is 7.09. The highest BCUT2D eigenvalue weighted by molar-refractivity contribution is 6.33. The van der Waals surface area contributed by atoms with Gasteiger partial charge in [-0.05, 0) is 52.0 Å². The van der Waals surface area contributed by atoms with Crippen LogP contribution in [0.3, 0.4) is 0 Å². The van der Waals surface area contributed by atoms with Crippen molar-refractivity contribution in [3.05, 3.63) is 52.3 Å². The van der Waals surface area contributed by atoms with Crippen LogP contribution in [0.1, 0.15) is 42.4 Å². The summed E-state index contributed by atoms with van der Waals surface area (Å²) in [6, 6.07) is 7.02. The van der Waals surface area contributed by atoms with Gasteiger partial charge in [0.2, 0.25) is 0 Å². The van der Waals surface area contributed by atoms with Crippen molar-refractivity contribution in [3.63, 3.8) is 0 Å². The van der Waals surface area contributed by atoms with Crippen LogP contribution in [0.15, 0.2) is 35.6 Å². The summed E-state index contributed by atoms with van der Waals surface area (Å²) in [5.74, 6) is -0.163. The lowest BCUT2D eigenvalue weighted by Crippen LogP contribution is -2.15. The topological polar surface area (TPSA) is 55.6 Å². The molecule has 0 spiro atoms. The first-order chi connectivity index (χ1) is 11.2. The summed E-state index contributed by atoms with van der Waals surface area (Å²) in [7, 11) is 1.90. The van der Waals surface area contributed by atoms with Crippen molar-refractivity contribution in [2.24, 2.45) is 12.2 Å². The maximum atomic E-state index is 12.4. The number of halogens is 1. The number of hydrogen-bond acceptors (Lipinski definition) is 3. The number of nitrogens with one attached hydrogen (secondary N) is 1. The first kappa shape index (κ1) is 18.1. The Hall–Kier alpha value is -2.27. The average Bonchev–Trinajstić information content (AvgIpc) is 2.81. The largest absolute Gasteiger partial charge is 0.390 e. The van der Waals surface area contributed by atoms with Gasteiger partial charge in [-0.1, -0.05) is 16.8 Å². The molecule has 24 heavy (non-hydrogen) atoms. The monoisotopic (exact) mass is 347 g/mol. The maximum Gasteiger partial charge on any atom is 0.257 e. The quantitative estimate of drug-likeness (QED) is 0.658. The van der Waals surface area contributed by atoms with E-state index in [1.54, 1.807) is 24.3 Å². The van der Waals surface area contributed by atoms with E-state index < -0.39 is 0 Å². The molecule has 0 saturated carbocycles. The van der Waals surface area contributed by atoms with Gasteiger partial charge in [-0.25, -0.2) is 0 Å². The lowest BCUT2D eigenvalue weighted by atomic mass is 10.2. The van der Waals surface area contributed by atoms with E-state index in [0.29, 0.717) is 21.8 Å². The minimum Gasteiger partial charge on any atom is -0.390 e. The van der Waals surface area contributed by atoms with Crippen molar-refractivity contribution in [1.82, 2.24) is 4.57 Å². The first-order valence-electron chi connectivity index (χ1n) is 7.62. The van der Waals surface area contributed by atoms with Gasteiger partial charge in [0, 0.05) is 35.2 Å². The van der Waals surface area contributed by atoms with Gasteiger partial charge in [0.05, 0.1) is 11.8 Å². The smallest absolute Gasteiger partial charge is 0.257 e. The molecule has 128 valence electrons. The fourth-order valence-corrected chi connectivity index (χ4v) is 2.18. The van der Waals surface area contributed by atoms with Crippen LogP contribution < -0.4 is 5.32 Å². The van der Waals surface area contributed by atoms with E-state index in [-0.39, 0.29) is 11.5 Å².